The molecule has 0 atom stereocenters. The lowest BCUT2D eigenvalue weighted by Gasteiger charge is -2.26. The number of aryl methyl sites for hydroxylation is 1. The van der Waals surface area contributed by atoms with E-state index in [0.29, 0.717) is 13.0 Å². The van der Waals surface area contributed by atoms with Crippen molar-refractivity contribution in [3.8, 4) is 0 Å². The fourth-order valence-corrected chi connectivity index (χ4v) is 1.92. The Labute approximate surface area is 83.3 Å². The van der Waals surface area contributed by atoms with E-state index < -0.39 is 0 Å². The molecular weight excluding hydrogens is 178 g/mol. The Morgan fingerprint density at radius 3 is 3.14 bits per heavy atom. The molecule has 0 saturated heterocycles. The first-order chi connectivity index (χ1) is 6.72. The van der Waals surface area contributed by atoms with Gasteiger partial charge in [-0.25, -0.2) is 0 Å². The van der Waals surface area contributed by atoms with E-state index in [1.54, 1.807) is 0 Å². The Morgan fingerprint density at radius 1 is 1.64 bits per heavy atom. The summed E-state index contributed by atoms with van der Waals surface area (Å²) in [6.45, 7) is 5.44. The second-order valence-electron chi connectivity index (χ2n) is 3.68. The van der Waals surface area contributed by atoms with Gasteiger partial charge in [0.25, 0.3) is 0 Å². The summed E-state index contributed by atoms with van der Waals surface area (Å²) < 4.78 is 0. The lowest BCUT2D eigenvalue weighted by atomic mass is 10.0. The third-order valence-corrected chi connectivity index (χ3v) is 2.80. The number of hydrogen-bond acceptors (Lipinski definition) is 2. The Kier molecular flexibility index (Phi) is 2.27. The number of carbonyl (C=O) groups excluding carboxylic acids is 1. The van der Waals surface area contributed by atoms with Gasteiger partial charge in [-0.2, -0.15) is 5.10 Å². The van der Waals surface area contributed by atoms with Gasteiger partial charge in [0.15, 0.2) is 0 Å². The third-order valence-electron chi connectivity index (χ3n) is 2.80. The molecule has 1 aliphatic heterocycles. The molecular formula is C10H15N3O. The van der Waals surface area contributed by atoms with Gasteiger partial charge >= 0.3 is 0 Å². The molecule has 0 spiro atoms. The fourth-order valence-electron chi connectivity index (χ4n) is 1.92. The van der Waals surface area contributed by atoms with Crippen molar-refractivity contribution in [2.24, 2.45) is 0 Å². The number of amides is 1. The van der Waals surface area contributed by atoms with Gasteiger partial charge in [-0.05, 0) is 18.9 Å². The van der Waals surface area contributed by atoms with E-state index in [-0.39, 0.29) is 5.91 Å². The normalized spacial score (nSPS) is 15.4. The van der Waals surface area contributed by atoms with Gasteiger partial charge in [-0.1, -0.05) is 6.92 Å². The van der Waals surface area contributed by atoms with E-state index in [4.69, 9.17) is 0 Å². The summed E-state index contributed by atoms with van der Waals surface area (Å²) in [6, 6.07) is 0. The van der Waals surface area contributed by atoms with Crippen LogP contribution in [0.4, 0.5) is 0 Å². The van der Waals surface area contributed by atoms with Crippen LogP contribution in [0.25, 0.3) is 0 Å². The minimum atomic E-state index is 0.225. The number of carbonyl (C=O) groups is 1. The standard InChI is InChI=1S/C10H15N3O/c1-3-10(14)13-5-4-8-7(2)11-12-9(8)6-13/h3-6H2,1-2H3,(H,11,12). The molecule has 1 aromatic rings. The molecule has 76 valence electrons. The minimum Gasteiger partial charge on any atom is -0.336 e. The first kappa shape index (κ1) is 9.24. The van der Waals surface area contributed by atoms with Crippen LogP contribution < -0.4 is 0 Å². The SMILES string of the molecule is CCC(=O)N1CCc2c(C)n[nH]c2C1. The number of aromatic amines is 1. The molecule has 4 heteroatoms. The Bertz CT molecular complexity index is 356. The highest BCUT2D eigenvalue weighted by molar-refractivity contribution is 5.76. The summed E-state index contributed by atoms with van der Waals surface area (Å²) in [5, 5.41) is 7.15. The zero-order valence-corrected chi connectivity index (χ0v) is 8.63. The maximum atomic E-state index is 11.5. The second kappa shape index (κ2) is 3.44. The molecule has 2 rings (SSSR count). The highest BCUT2D eigenvalue weighted by Gasteiger charge is 2.22. The van der Waals surface area contributed by atoms with Crippen molar-refractivity contribution in [1.29, 1.82) is 0 Å². The van der Waals surface area contributed by atoms with Gasteiger partial charge in [0, 0.05) is 13.0 Å². The predicted molar refractivity (Wildman–Crippen MR) is 52.7 cm³/mol. The summed E-state index contributed by atoms with van der Waals surface area (Å²) in [5.41, 5.74) is 3.48. The number of aromatic nitrogens is 2. The zero-order valence-electron chi connectivity index (χ0n) is 8.63. The quantitative estimate of drug-likeness (QED) is 0.723. The highest BCUT2D eigenvalue weighted by Crippen LogP contribution is 2.19. The van der Waals surface area contributed by atoms with Gasteiger partial charge in [-0.15, -0.1) is 0 Å². The topological polar surface area (TPSA) is 49.0 Å². The van der Waals surface area contributed by atoms with Crippen molar-refractivity contribution >= 4 is 5.91 Å². The monoisotopic (exact) mass is 193 g/mol. The van der Waals surface area contributed by atoms with Crippen molar-refractivity contribution < 1.29 is 4.79 Å². The molecule has 0 aromatic carbocycles. The summed E-state index contributed by atoms with van der Waals surface area (Å²) >= 11 is 0. The Balaban J connectivity index is 2.18. The summed E-state index contributed by atoms with van der Waals surface area (Å²) in [5.74, 6) is 0.225. The third kappa shape index (κ3) is 1.41. The minimum absolute atomic E-state index is 0.225. The highest BCUT2D eigenvalue weighted by atomic mass is 16.2. The van der Waals surface area contributed by atoms with E-state index in [0.717, 1.165) is 24.4 Å². The van der Waals surface area contributed by atoms with Crippen molar-refractivity contribution in [3.05, 3.63) is 17.0 Å². The van der Waals surface area contributed by atoms with E-state index in [2.05, 4.69) is 10.2 Å². The lowest BCUT2D eigenvalue weighted by molar-refractivity contribution is -0.131. The lowest BCUT2D eigenvalue weighted by Crippen LogP contribution is -2.35. The van der Waals surface area contributed by atoms with Gasteiger partial charge in [0.1, 0.15) is 0 Å². The van der Waals surface area contributed by atoms with Crippen molar-refractivity contribution in [3.63, 3.8) is 0 Å². The fraction of sp³-hybridized carbons (Fsp3) is 0.600. The number of fused-ring (bicyclic) bond motifs is 1. The van der Waals surface area contributed by atoms with Crippen LogP contribution in [0.1, 0.15) is 30.3 Å². The van der Waals surface area contributed by atoms with Crippen LogP contribution in [0, 0.1) is 6.92 Å². The van der Waals surface area contributed by atoms with E-state index in [9.17, 15) is 4.79 Å². The van der Waals surface area contributed by atoms with Gasteiger partial charge in [-0.3, -0.25) is 9.89 Å². The Morgan fingerprint density at radius 2 is 2.43 bits per heavy atom. The molecule has 0 fully saturated rings. The van der Waals surface area contributed by atoms with Crippen LogP contribution in [0.15, 0.2) is 0 Å². The molecule has 14 heavy (non-hydrogen) atoms. The van der Waals surface area contributed by atoms with Crippen LogP contribution in [0.3, 0.4) is 0 Å². The first-order valence-corrected chi connectivity index (χ1v) is 5.03. The molecule has 0 aliphatic carbocycles. The Hall–Kier alpha value is -1.32. The van der Waals surface area contributed by atoms with Gasteiger partial charge < -0.3 is 4.90 Å². The van der Waals surface area contributed by atoms with E-state index in [1.165, 1.54) is 5.56 Å². The van der Waals surface area contributed by atoms with Crippen LogP contribution in [-0.4, -0.2) is 27.5 Å². The second-order valence-corrected chi connectivity index (χ2v) is 3.68. The van der Waals surface area contributed by atoms with Crippen LogP contribution in [0.2, 0.25) is 0 Å². The molecule has 4 nitrogen and oxygen atoms in total. The van der Waals surface area contributed by atoms with Crippen LogP contribution in [-0.2, 0) is 17.8 Å². The summed E-state index contributed by atoms with van der Waals surface area (Å²) in [6.07, 6.45) is 1.52. The van der Waals surface area contributed by atoms with E-state index in [1.807, 2.05) is 18.7 Å². The number of hydrogen-bond donors (Lipinski definition) is 1. The van der Waals surface area contributed by atoms with E-state index >= 15 is 0 Å². The molecule has 0 saturated carbocycles. The average Bonchev–Trinajstić information content (AvgIpc) is 2.59. The van der Waals surface area contributed by atoms with Crippen molar-refractivity contribution in [2.45, 2.75) is 33.2 Å². The molecule has 1 N–H and O–H groups in total. The number of nitrogens with zero attached hydrogens (tertiary/aromatic N) is 2. The maximum Gasteiger partial charge on any atom is 0.222 e. The van der Waals surface area contributed by atoms with Crippen molar-refractivity contribution in [1.82, 2.24) is 15.1 Å². The largest absolute Gasteiger partial charge is 0.336 e. The van der Waals surface area contributed by atoms with Gasteiger partial charge in [0.05, 0.1) is 17.9 Å². The smallest absolute Gasteiger partial charge is 0.222 e. The zero-order chi connectivity index (χ0) is 10.1. The van der Waals surface area contributed by atoms with Crippen LogP contribution >= 0.6 is 0 Å². The predicted octanol–water partition coefficient (Wildman–Crippen LogP) is 1.01. The van der Waals surface area contributed by atoms with Gasteiger partial charge in [0.2, 0.25) is 5.91 Å². The molecule has 1 aliphatic rings. The number of H-pyrrole nitrogens is 1. The van der Waals surface area contributed by atoms with Crippen molar-refractivity contribution in [2.75, 3.05) is 6.54 Å². The molecule has 0 bridgehead atoms. The molecule has 0 radical (unpaired) electrons. The molecule has 2 heterocycles. The summed E-state index contributed by atoms with van der Waals surface area (Å²) in [7, 11) is 0. The molecule has 1 amide bonds. The van der Waals surface area contributed by atoms with Crippen LogP contribution in [0.5, 0.6) is 0 Å². The molecule has 0 unspecified atom stereocenters. The number of rotatable bonds is 1. The maximum absolute atomic E-state index is 11.5. The summed E-state index contributed by atoms with van der Waals surface area (Å²) in [4.78, 5) is 13.4. The first-order valence-electron chi connectivity index (χ1n) is 5.03. The number of nitrogens with one attached hydrogen (secondary N) is 1. The molecule has 1 aromatic heterocycles. The average molecular weight is 193 g/mol.